The number of benzene rings is 1. The van der Waals surface area contributed by atoms with Gasteiger partial charge >= 0.3 is 0 Å². The first-order chi connectivity index (χ1) is 15.3. The van der Waals surface area contributed by atoms with Gasteiger partial charge in [-0.05, 0) is 75.7 Å². The molecule has 2 aliphatic heterocycles. The van der Waals surface area contributed by atoms with E-state index in [9.17, 15) is 13.2 Å². The number of hydrogen-bond acceptors (Lipinski definition) is 5. The molecule has 3 rings (SSSR count). The molecule has 0 radical (unpaired) electrons. The Morgan fingerprint density at radius 1 is 1.06 bits per heavy atom. The van der Waals surface area contributed by atoms with Crippen LogP contribution in [0, 0.1) is 0 Å². The molecule has 1 fully saturated rings. The molecule has 1 aromatic carbocycles. The van der Waals surface area contributed by atoms with Gasteiger partial charge in [0.1, 0.15) is 12.4 Å². The summed E-state index contributed by atoms with van der Waals surface area (Å²) in [4.78, 5) is 17.3. The molecule has 0 aromatic heterocycles. The van der Waals surface area contributed by atoms with Gasteiger partial charge in [-0.1, -0.05) is 12.1 Å². The Labute approximate surface area is 193 Å². The number of ether oxygens (including phenoxy) is 1. The average molecular weight is 466 g/mol. The molecule has 1 unspecified atom stereocenters. The highest BCUT2D eigenvalue weighted by Crippen LogP contribution is 2.24. The van der Waals surface area contributed by atoms with Crippen LogP contribution in [0.2, 0.25) is 0 Å². The van der Waals surface area contributed by atoms with Crippen molar-refractivity contribution in [2.24, 2.45) is 0 Å². The summed E-state index contributed by atoms with van der Waals surface area (Å²) in [5.41, 5.74) is 1.25. The van der Waals surface area contributed by atoms with E-state index in [0.29, 0.717) is 38.6 Å². The molecule has 1 aromatic rings. The maximum absolute atomic E-state index is 13.0. The first-order valence-electron chi connectivity index (χ1n) is 12.0. The zero-order valence-corrected chi connectivity index (χ0v) is 20.5. The van der Waals surface area contributed by atoms with Gasteiger partial charge in [-0.2, -0.15) is 0 Å². The third kappa shape index (κ3) is 7.46. The summed E-state index contributed by atoms with van der Waals surface area (Å²) in [5, 5.41) is 0. The Morgan fingerprint density at radius 3 is 2.72 bits per heavy atom. The number of piperidine rings is 1. The Kier molecular flexibility index (Phi) is 9.37. The van der Waals surface area contributed by atoms with E-state index in [4.69, 9.17) is 4.74 Å². The number of carbonyl (C=O) groups excluding carboxylic acids is 1. The highest BCUT2D eigenvalue weighted by molar-refractivity contribution is 7.89. The number of carbonyl (C=O) groups is 1. The van der Waals surface area contributed by atoms with E-state index in [0.717, 1.165) is 50.9 Å². The fraction of sp³-hybridized carbons (Fsp3) is 0.708. The molecule has 0 aliphatic carbocycles. The molecule has 32 heavy (non-hydrogen) atoms. The van der Waals surface area contributed by atoms with Gasteiger partial charge in [-0.3, -0.25) is 9.69 Å². The second-order valence-corrected chi connectivity index (χ2v) is 11.5. The Bertz CT molecular complexity index is 843. The molecule has 2 bridgehead atoms. The molecule has 8 heteroatoms. The first kappa shape index (κ1) is 25.0. The van der Waals surface area contributed by atoms with Crippen LogP contribution in [-0.2, 0) is 21.2 Å². The van der Waals surface area contributed by atoms with Crippen LogP contribution in [0.15, 0.2) is 24.3 Å². The van der Waals surface area contributed by atoms with Crippen molar-refractivity contribution in [1.29, 1.82) is 0 Å². The van der Waals surface area contributed by atoms with Gasteiger partial charge in [0.15, 0.2) is 0 Å². The standard InChI is InChI=1S/C24H39N3O4S/c1-25(2)32(29,30)19-7-15-26-14-6-11-24(28)27-16-4-3-9-22(27)13-12-21-8-5-10-23(20-21)31-18-17-26/h5,8,10,20,22H,3-4,6-7,9,11-19H2,1-2H3. The second-order valence-electron chi connectivity index (χ2n) is 9.17. The van der Waals surface area contributed by atoms with E-state index in [1.54, 1.807) is 14.1 Å². The minimum Gasteiger partial charge on any atom is -0.492 e. The Morgan fingerprint density at radius 2 is 1.91 bits per heavy atom. The molecule has 0 N–H and O–H groups in total. The van der Waals surface area contributed by atoms with E-state index >= 15 is 0 Å². The van der Waals surface area contributed by atoms with E-state index in [2.05, 4.69) is 21.9 Å². The summed E-state index contributed by atoms with van der Waals surface area (Å²) in [5.74, 6) is 1.28. The average Bonchev–Trinajstić information content (AvgIpc) is 2.77. The summed E-state index contributed by atoms with van der Waals surface area (Å²) >= 11 is 0. The highest BCUT2D eigenvalue weighted by atomic mass is 32.2. The molecule has 180 valence electrons. The van der Waals surface area contributed by atoms with Gasteiger partial charge in [0.2, 0.25) is 15.9 Å². The van der Waals surface area contributed by atoms with Crippen molar-refractivity contribution in [2.75, 3.05) is 52.6 Å². The first-order valence-corrected chi connectivity index (χ1v) is 13.6. The van der Waals surface area contributed by atoms with Gasteiger partial charge in [-0.25, -0.2) is 12.7 Å². The maximum Gasteiger partial charge on any atom is 0.222 e. The quantitative estimate of drug-likeness (QED) is 0.669. The lowest BCUT2D eigenvalue weighted by atomic mass is 9.95. The van der Waals surface area contributed by atoms with Crippen molar-refractivity contribution in [1.82, 2.24) is 14.1 Å². The number of rotatable bonds is 5. The van der Waals surface area contributed by atoms with Crippen molar-refractivity contribution >= 4 is 15.9 Å². The largest absolute Gasteiger partial charge is 0.492 e. The lowest BCUT2D eigenvalue weighted by Crippen LogP contribution is -2.44. The fourth-order valence-corrected chi connectivity index (χ4v) is 5.49. The van der Waals surface area contributed by atoms with E-state index in [1.165, 1.54) is 16.3 Å². The van der Waals surface area contributed by atoms with Crippen molar-refractivity contribution in [3.8, 4) is 5.75 Å². The number of fused-ring (bicyclic) bond motifs is 3. The number of sulfonamides is 1. The molecule has 1 saturated heterocycles. The van der Waals surface area contributed by atoms with Crippen molar-refractivity contribution in [3.63, 3.8) is 0 Å². The van der Waals surface area contributed by atoms with Gasteiger partial charge in [0.05, 0.1) is 5.75 Å². The summed E-state index contributed by atoms with van der Waals surface area (Å²) < 4.78 is 31.5. The third-order valence-corrected chi connectivity index (χ3v) is 8.50. The van der Waals surface area contributed by atoms with Crippen LogP contribution in [0.25, 0.3) is 0 Å². The molecule has 0 saturated carbocycles. The van der Waals surface area contributed by atoms with Crippen LogP contribution >= 0.6 is 0 Å². The van der Waals surface area contributed by atoms with Gasteiger partial charge in [0.25, 0.3) is 0 Å². The summed E-state index contributed by atoms with van der Waals surface area (Å²) in [6.07, 6.45) is 7.25. The minimum absolute atomic E-state index is 0.133. The molecule has 2 heterocycles. The van der Waals surface area contributed by atoms with E-state index in [1.807, 2.05) is 12.1 Å². The molecule has 7 nitrogen and oxygen atoms in total. The third-order valence-electron chi connectivity index (χ3n) is 6.59. The summed E-state index contributed by atoms with van der Waals surface area (Å²) in [7, 11) is -0.0540. The molecular formula is C24H39N3O4S. The zero-order chi connectivity index (χ0) is 23.0. The second kappa shape index (κ2) is 12.0. The fourth-order valence-electron chi connectivity index (χ4n) is 4.63. The SMILES string of the molecule is CN(C)S(=O)(=O)CCCN1CCCC(=O)N2CCCCC2CCc2cccc(c2)OCC1. The van der Waals surface area contributed by atoms with Gasteiger partial charge < -0.3 is 9.64 Å². The number of hydrogen-bond donors (Lipinski definition) is 0. The van der Waals surface area contributed by atoms with Crippen molar-refractivity contribution in [2.45, 2.75) is 57.4 Å². The number of amides is 1. The lowest BCUT2D eigenvalue weighted by Gasteiger charge is -2.36. The molecule has 1 amide bonds. The van der Waals surface area contributed by atoms with Crippen LogP contribution in [0.1, 0.15) is 50.5 Å². The van der Waals surface area contributed by atoms with Gasteiger partial charge in [0, 0.05) is 39.6 Å². The number of aryl methyl sites for hydroxylation is 1. The van der Waals surface area contributed by atoms with Crippen LogP contribution < -0.4 is 4.74 Å². The zero-order valence-electron chi connectivity index (χ0n) is 19.7. The van der Waals surface area contributed by atoms with E-state index in [-0.39, 0.29) is 11.7 Å². The summed E-state index contributed by atoms with van der Waals surface area (Å²) in [6, 6.07) is 8.61. The summed E-state index contributed by atoms with van der Waals surface area (Å²) in [6.45, 7) is 3.59. The Balaban J connectivity index is 1.66. The predicted molar refractivity (Wildman–Crippen MR) is 127 cm³/mol. The monoisotopic (exact) mass is 465 g/mol. The van der Waals surface area contributed by atoms with Gasteiger partial charge in [-0.15, -0.1) is 0 Å². The topological polar surface area (TPSA) is 70.2 Å². The molecule has 0 spiro atoms. The molecule has 2 aliphatic rings. The maximum atomic E-state index is 13.0. The number of nitrogens with zero attached hydrogens (tertiary/aromatic N) is 3. The van der Waals surface area contributed by atoms with Crippen LogP contribution in [0.5, 0.6) is 5.75 Å². The minimum atomic E-state index is -3.20. The molecular weight excluding hydrogens is 426 g/mol. The lowest BCUT2D eigenvalue weighted by molar-refractivity contribution is -0.135. The van der Waals surface area contributed by atoms with Crippen LogP contribution in [-0.4, -0.2) is 87.1 Å². The normalized spacial score (nSPS) is 22.0. The Hall–Kier alpha value is -1.64. The van der Waals surface area contributed by atoms with Crippen molar-refractivity contribution < 1.29 is 17.9 Å². The molecule has 1 atom stereocenters. The van der Waals surface area contributed by atoms with Crippen LogP contribution in [0.4, 0.5) is 0 Å². The highest BCUT2D eigenvalue weighted by Gasteiger charge is 2.26. The van der Waals surface area contributed by atoms with Crippen LogP contribution in [0.3, 0.4) is 0 Å². The van der Waals surface area contributed by atoms with Crippen molar-refractivity contribution in [3.05, 3.63) is 29.8 Å². The van der Waals surface area contributed by atoms with E-state index < -0.39 is 10.0 Å². The smallest absolute Gasteiger partial charge is 0.222 e. The predicted octanol–water partition coefficient (Wildman–Crippen LogP) is 2.76.